The van der Waals surface area contributed by atoms with Crippen LogP contribution in [0.15, 0.2) is 229 Å². The van der Waals surface area contributed by atoms with Gasteiger partial charge < -0.3 is 9.32 Å². The van der Waals surface area contributed by atoms with Crippen molar-refractivity contribution in [1.29, 1.82) is 0 Å². The van der Waals surface area contributed by atoms with Gasteiger partial charge in [-0.15, -0.1) is 11.3 Å². The smallest absolute Gasteiger partial charge is 0.137 e. The van der Waals surface area contributed by atoms with Gasteiger partial charge in [-0.25, -0.2) is 0 Å². The number of para-hydroxylation sites is 1. The lowest BCUT2D eigenvalue weighted by molar-refractivity contribution is 0.669. The van der Waals surface area contributed by atoms with Crippen LogP contribution < -0.4 is 4.90 Å². The van der Waals surface area contributed by atoms with Crippen LogP contribution in [0.2, 0.25) is 0 Å². The fourth-order valence-corrected chi connectivity index (χ4v) is 12.4. The van der Waals surface area contributed by atoms with Crippen molar-refractivity contribution in [3.63, 3.8) is 0 Å². The molecule has 0 saturated heterocycles. The Morgan fingerprint density at radius 2 is 0.953 bits per heavy atom. The summed E-state index contributed by atoms with van der Waals surface area (Å²) >= 11 is 1.89. The quantitative estimate of drug-likeness (QED) is 0.176. The summed E-state index contributed by atoms with van der Waals surface area (Å²) in [6.07, 6.45) is 0. The number of thiophene rings is 1. The largest absolute Gasteiger partial charge is 0.456 e. The molecule has 2 nitrogen and oxygen atoms in total. The molecule has 1 spiro atoms. The number of nitrogens with zero attached hydrogens (tertiary/aromatic N) is 1. The minimum Gasteiger partial charge on any atom is -0.456 e. The fraction of sp³-hybridized carbons (Fsp3) is 0.0164. The molecule has 64 heavy (non-hydrogen) atoms. The normalized spacial score (nSPS) is 14.6. The van der Waals surface area contributed by atoms with Crippen LogP contribution in [0.5, 0.6) is 0 Å². The van der Waals surface area contributed by atoms with E-state index in [1.54, 1.807) is 0 Å². The van der Waals surface area contributed by atoms with Crippen molar-refractivity contribution < 1.29 is 4.42 Å². The number of benzene rings is 10. The van der Waals surface area contributed by atoms with Crippen molar-refractivity contribution in [3.05, 3.63) is 247 Å². The second-order valence-electron chi connectivity index (χ2n) is 17.1. The monoisotopic (exact) mass is 831 g/mol. The summed E-state index contributed by atoms with van der Waals surface area (Å²) in [5.74, 6) is 0. The third-order valence-corrected chi connectivity index (χ3v) is 15.0. The molecule has 2 heterocycles. The van der Waals surface area contributed by atoms with Gasteiger partial charge in [0.05, 0.1) is 16.5 Å². The second-order valence-corrected chi connectivity index (χ2v) is 18.2. The minimum absolute atomic E-state index is 0.602. The summed E-state index contributed by atoms with van der Waals surface area (Å²) in [5.41, 5.74) is 19.6. The Morgan fingerprint density at radius 1 is 0.359 bits per heavy atom. The molecule has 2 aliphatic rings. The molecule has 0 fully saturated rings. The van der Waals surface area contributed by atoms with E-state index in [9.17, 15) is 0 Å². The maximum absolute atomic E-state index is 6.54. The zero-order valence-corrected chi connectivity index (χ0v) is 35.4. The van der Waals surface area contributed by atoms with Crippen LogP contribution in [0, 0.1) is 0 Å². The third kappa shape index (κ3) is 4.85. The van der Waals surface area contributed by atoms with E-state index < -0.39 is 5.41 Å². The standard InChI is InChI=1S/C61H37NOS/c1-2-15-38(16-3-1)39-29-31-40(32-30-39)62(53-25-14-27-55-59(53)46-21-8-12-26-54(46)63-55)41-33-34-51-48(37-41)43-18-5-4-17-42(43)44-19-6-10-23-49(44)61(51)50-24-11-7-20-45(50)58-52(61)35-36-57-60(58)47-22-9-13-28-56(47)64-57/h1-37H. The molecule has 10 aromatic carbocycles. The predicted octanol–water partition coefficient (Wildman–Crippen LogP) is 17.1. The molecule has 0 saturated carbocycles. The van der Waals surface area contributed by atoms with Crippen molar-refractivity contribution in [2.45, 2.75) is 5.41 Å². The highest BCUT2D eigenvalue weighted by atomic mass is 32.1. The minimum atomic E-state index is -0.602. The maximum Gasteiger partial charge on any atom is 0.137 e. The summed E-state index contributed by atoms with van der Waals surface area (Å²) in [7, 11) is 0. The molecule has 1 unspecified atom stereocenters. The lowest BCUT2D eigenvalue weighted by Gasteiger charge is -2.36. The van der Waals surface area contributed by atoms with E-state index in [2.05, 4.69) is 223 Å². The Hall–Kier alpha value is -7.98. The molecular weight excluding hydrogens is 795 g/mol. The Kier molecular flexibility index (Phi) is 7.51. The topological polar surface area (TPSA) is 16.4 Å². The van der Waals surface area contributed by atoms with Crippen molar-refractivity contribution in [1.82, 2.24) is 0 Å². The zero-order chi connectivity index (χ0) is 41.9. The van der Waals surface area contributed by atoms with Crippen LogP contribution in [-0.4, -0.2) is 0 Å². The van der Waals surface area contributed by atoms with E-state index in [-0.39, 0.29) is 0 Å². The Labute approximate surface area is 374 Å². The van der Waals surface area contributed by atoms with Gasteiger partial charge >= 0.3 is 0 Å². The second kappa shape index (κ2) is 13.5. The molecule has 0 N–H and O–H groups in total. The van der Waals surface area contributed by atoms with E-state index in [4.69, 9.17) is 4.42 Å². The van der Waals surface area contributed by atoms with Crippen molar-refractivity contribution in [3.8, 4) is 44.5 Å². The van der Waals surface area contributed by atoms with E-state index in [1.165, 1.54) is 86.9 Å². The summed E-state index contributed by atoms with van der Waals surface area (Å²) in [6.45, 7) is 0. The van der Waals surface area contributed by atoms with E-state index in [1.807, 2.05) is 17.4 Å². The molecule has 0 radical (unpaired) electrons. The van der Waals surface area contributed by atoms with Crippen LogP contribution in [-0.2, 0) is 5.41 Å². The average Bonchev–Trinajstić information content (AvgIpc) is 4.01. The summed E-state index contributed by atoms with van der Waals surface area (Å²) in [5, 5.41) is 4.86. The van der Waals surface area contributed by atoms with Crippen LogP contribution >= 0.6 is 11.3 Å². The van der Waals surface area contributed by atoms with Gasteiger partial charge in [0.15, 0.2) is 0 Å². The molecule has 0 amide bonds. The molecule has 0 bridgehead atoms. The molecule has 3 heteroatoms. The first-order chi connectivity index (χ1) is 31.8. The van der Waals surface area contributed by atoms with Gasteiger partial charge in [-0.2, -0.15) is 0 Å². The summed E-state index contributed by atoms with van der Waals surface area (Å²) < 4.78 is 9.18. The maximum atomic E-state index is 6.54. The average molecular weight is 832 g/mol. The molecule has 12 aromatic rings. The first-order valence-electron chi connectivity index (χ1n) is 22.0. The van der Waals surface area contributed by atoms with Crippen molar-refractivity contribution in [2.75, 3.05) is 4.90 Å². The lowest BCUT2D eigenvalue weighted by Crippen LogP contribution is -2.29. The number of rotatable bonds is 4. The molecule has 2 aliphatic carbocycles. The molecule has 298 valence electrons. The van der Waals surface area contributed by atoms with Crippen molar-refractivity contribution >= 4 is 70.5 Å². The summed E-state index contributed by atoms with van der Waals surface area (Å²) in [4.78, 5) is 2.43. The zero-order valence-electron chi connectivity index (χ0n) is 34.6. The number of hydrogen-bond donors (Lipinski definition) is 0. The van der Waals surface area contributed by atoms with E-state index in [0.29, 0.717) is 0 Å². The van der Waals surface area contributed by atoms with Crippen LogP contribution in [0.25, 0.3) is 86.6 Å². The fourth-order valence-electron chi connectivity index (χ4n) is 11.3. The Bertz CT molecular complexity index is 3860. The van der Waals surface area contributed by atoms with Gasteiger partial charge in [0.1, 0.15) is 11.2 Å². The van der Waals surface area contributed by atoms with Gasteiger partial charge in [0.2, 0.25) is 0 Å². The highest BCUT2D eigenvalue weighted by Gasteiger charge is 2.50. The first kappa shape index (κ1) is 35.6. The van der Waals surface area contributed by atoms with Gasteiger partial charge in [0.25, 0.3) is 0 Å². The first-order valence-corrected chi connectivity index (χ1v) is 22.8. The third-order valence-electron chi connectivity index (χ3n) is 13.9. The van der Waals surface area contributed by atoms with Crippen molar-refractivity contribution in [2.24, 2.45) is 0 Å². The van der Waals surface area contributed by atoms with E-state index in [0.717, 1.165) is 39.0 Å². The SMILES string of the molecule is c1ccc(-c2ccc(N(c3ccc4c(c3)-c3ccccc3-c3ccccc3C43c4ccccc4-c4c3ccc3sc5ccccc5c43)c3cccc4oc5ccccc5c34)cc2)cc1. The summed E-state index contributed by atoms with van der Waals surface area (Å²) in [6, 6.07) is 83.0. The van der Waals surface area contributed by atoms with Crippen LogP contribution in [0.1, 0.15) is 22.3 Å². The van der Waals surface area contributed by atoms with E-state index >= 15 is 0 Å². The van der Waals surface area contributed by atoms with Crippen LogP contribution in [0.4, 0.5) is 17.1 Å². The molecule has 14 rings (SSSR count). The molecule has 2 aromatic heterocycles. The van der Waals surface area contributed by atoms with Gasteiger partial charge in [-0.3, -0.25) is 0 Å². The van der Waals surface area contributed by atoms with Crippen LogP contribution in [0.3, 0.4) is 0 Å². The van der Waals surface area contributed by atoms with Gasteiger partial charge in [0, 0.05) is 36.9 Å². The Balaban J connectivity index is 1.09. The Morgan fingerprint density at radius 3 is 1.78 bits per heavy atom. The molecule has 0 aliphatic heterocycles. The number of hydrogen-bond acceptors (Lipinski definition) is 3. The predicted molar refractivity (Wildman–Crippen MR) is 268 cm³/mol. The molecular formula is C61H37NOS. The number of fused-ring (bicyclic) bond motifs is 19. The highest BCUT2D eigenvalue weighted by molar-refractivity contribution is 7.26. The number of anilines is 3. The molecule has 1 atom stereocenters. The van der Waals surface area contributed by atoms with Gasteiger partial charge in [-0.1, -0.05) is 170 Å². The van der Waals surface area contributed by atoms with Gasteiger partial charge in [-0.05, 0) is 121 Å². The number of furan rings is 1. The lowest BCUT2D eigenvalue weighted by atomic mass is 9.66. The highest BCUT2D eigenvalue weighted by Crippen LogP contribution is 2.64.